The maximum Gasteiger partial charge on any atom is 0.184 e. The van der Waals surface area contributed by atoms with E-state index in [0.29, 0.717) is 13.2 Å². The van der Waals surface area contributed by atoms with Crippen LogP contribution in [-0.2, 0) is 27.4 Å². The zero-order valence-electron chi connectivity index (χ0n) is 14.2. The van der Waals surface area contributed by atoms with Crippen LogP contribution in [0.15, 0.2) is 60.7 Å². The minimum atomic E-state index is -1.15. The number of rotatable bonds is 6. The Bertz CT molecular complexity index is 633. The normalized spacial score (nSPS) is 29.5. The topological polar surface area (TPSA) is 68.2 Å². The Morgan fingerprint density at radius 1 is 0.800 bits per heavy atom. The highest BCUT2D eigenvalue weighted by Gasteiger charge is 2.44. The molecule has 2 aromatic carbocycles. The number of aliphatic hydroxyl groups excluding tert-OH is 2. The Hall–Kier alpha value is -1.76. The van der Waals surface area contributed by atoms with Crippen molar-refractivity contribution < 1.29 is 24.4 Å². The summed E-state index contributed by atoms with van der Waals surface area (Å²) in [6.45, 7) is 2.34. The molecule has 0 unspecified atom stereocenters. The summed E-state index contributed by atoms with van der Waals surface area (Å²) in [7, 11) is 0. The van der Waals surface area contributed by atoms with Crippen LogP contribution in [0.25, 0.3) is 0 Å². The fourth-order valence-corrected chi connectivity index (χ4v) is 2.91. The third-order valence-electron chi connectivity index (χ3n) is 4.35. The van der Waals surface area contributed by atoms with Crippen molar-refractivity contribution in [3.8, 4) is 0 Å². The molecule has 0 amide bonds. The molecular weight excluding hydrogens is 320 g/mol. The van der Waals surface area contributed by atoms with Crippen molar-refractivity contribution in [3.05, 3.63) is 71.8 Å². The van der Waals surface area contributed by atoms with Gasteiger partial charge in [-0.3, -0.25) is 0 Å². The van der Waals surface area contributed by atoms with Gasteiger partial charge < -0.3 is 24.4 Å². The molecule has 1 aliphatic heterocycles. The molecule has 0 saturated carbocycles. The van der Waals surface area contributed by atoms with Gasteiger partial charge in [0.1, 0.15) is 18.3 Å². The van der Waals surface area contributed by atoms with Gasteiger partial charge in [0, 0.05) is 0 Å². The van der Waals surface area contributed by atoms with Crippen LogP contribution in [0.5, 0.6) is 0 Å². The van der Waals surface area contributed by atoms with Crippen LogP contribution in [0, 0.1) is 0 Å². The average molecular weight is 344 g/mol. The maximum absolute atomic E-state index is 10.5. The van der Waals surface area contributed by atoms with Gasteiger partial charge in [-0.2, -0.15) is 0 Å². The minimum absolute atomic E-state index is 0.304. The molecule has 1 aliphatic rings. The van der Waals surface area contributed by atoms with Crippen molar-refractivity contribution in [3.63, 3.8) is 0 Å². The van der Waals surface area contributed by atoms with Crippen LogP contribution < -0.4 is 0 Å². The van der Waals surface area contributed by atoms with Gasteiger partial charge in [-0.15, -0.1) is 0 Å². The highest BCUT2D eigenvalue weighted by molar-refractivity contribution is 5.14. The van der Waals surface area contributed by atoms with Gasteiger partial charge >= 0.3 is 0 Å². The van der Waals surface area contributed by atoms with Crippen LogP contribution in [-0.4, -0.2) is 40.9 Å². The number of ether oxygens (including phenoxy) is 3. The lowest BCUT2D eigenvalue weighted by molar-refractivity contribution is -0.300. The second-order valence-electron chi connectivity index (χ2n) is 6.24. The summed E-state index contributed by atoms with van der Waals surface area (Å²) in [6.07, 6.45) is -4.01. The molecule has 5 atom stereocenters. The molecule has 0 aliphatic carbocycles. The van der Waals surface area contributed by atoms with E-state index >= 15 is 0 Å². The first-order valence-electron chi connectivity index (χ1n) is 8.48. The van der Waals surface area contributed by atoms with Crippen molar-refractivity contribution >= 4 is 0 Å². The van der Waals surface area contributed by atoms with Crippen LogP contribution in [0.3, 0.4) is 0 Å². The van der Waals surface area contributed by atoms with E-state index in [-0.39, 0.29) is 0 Å². The Morgan fingerprint density at radius 2 is 1.28 bits per heavy atom. The standard InChI is InChI=1S/C20H24O5/c1-14-17(21)18(23-12-15-8-4-2-5-9-15)19(20(22)25-14)24-13-16-10-6-3-7-11-16/h2-11,14,17-22H,12-13H2,1H3/t14-,17+,18+,19-,20+/m0/s1. The van der Waals surface area contributed by atoms with E-state index in [2.05, 4.69) is 0 Å². The molecule has 0 aromatic heterocycles. The summed E-state index contributed by atoms with van der Waals surface area (Å²) in [6, 6.07) is 19.4. The van der Waals surface area contributed by atoms with E-state index in [1.165, 1.54) is 0 Å². The van der Waals surface area contributed by atoms with Gasteiger partial charge in [-0.05, 0) is 18.1 Å². The smallest absolute Gasteiger partial charge is 0.184 e. The molecular formula is C20H24O5. The number of aliphatic hydroxyl groups is 2. The molecule has 1 saturated heterocycles. The molecule has 0 bridgehead atoms. The monoisotopic (exact) mass is 344 g/mol. The Kier molecular flexibility index (Phi) is 6.18. The van der Waals surface area contributed by atoms with Crippen molar-refractivity contribution in [1.82, 2.24) is 0 Å². The molecule has 3 rings (SSSR count). The molecule has 1 heterocycles. The minimum Gasteiger partial charge on any atom is -0.388 e. The first kappa shape index (κ1) is 18.0. The lowest BCUT2D eigenvalue weighted by Crippen LogP contribution is -2.58. The van der Waals surface area contributed by atoms with Crippen molar-refractivity contribution in [2.45, 2.75) is 50.8 Å². The number of benzene rings is 2. The third kappa shape index (κ3) is 4.66. The van der Waals surface area contributed by atoms with Gasteiger partial charge in [-0.25, -0.2) is 0 Å². The number of hydrogen-bond acceptors (Lipinski definition) is 5. The maximum atomic E-state index is 10.5. The predicted octanol–water partition coefficient (Wildman–Crippen LogP) is 2.26. The van der Waals surface area contributed by atoms with E-state index in [9.17, 15) is 10.2 Å². The molecule has 2 N–H and O–H groups in total. The second-order valence-corrected chi connectivity index (χ2v) is 6.24. The molecule has 2 aromatic rings. The van der Waals surface area contributed by atoms with Crippen molar-refractivity contribution in [2.75, 3.05) is 0 Å². The molecule has 0 radical (unpaired) electrons. The Labute approximate surface area is 147 Å². The van der Waals surface area contributed by atoms with E-state index in [1.54, 1.807) is 6.92 Å². The Morgan fingerprint density at radius 3 is 1.80 bits per heavy atom. The first-order valence-corrected chi connectivity index (χ1v) is 8.48. The van der Waals surface area contributed by atoms with E-state index in [4.69, 9.17) is 14.2 Å². The summed E-state index contributed by atoms with van der Waals surface area (Å²) in [5.74, 6) is 0. The highest BCUT2D eigenvalue weighted by Crippen LogP contribution is 2.26. The zero-order valence-corrected chi connectivity index (χ0v) is 14.2. The van der Waals surface area contributed by atoms with E-state index in [0.717, 1.165) is 11.1 Å². The van der Waals surface area contributed by atoms with Gasteiger partial charge in [0.05, 0.1) is 19.3 Å². The summed E-state index contributed by atoms with van der Waals surface area (Å²) in [5.41, 5.74) is 1.97. The van der Waals surface area contributed by atoms with Gasteiger partial charge in [0.15, 0.2) is 6.29 Å². The van der Waals surface area contributed by atoms with Crippen LogP contribution in [0.2, 0.25) is 0 Å². The van der Waals surface area contributed by atoms with E-state index < -0.39 is 30.7 Å². The fourth-order valence-electron chi connectivity index (χ4n) is 2.91. The summed E-state index contributed by atoms with van der Waals surface area (Å²) < 4.78 is 17.1. The van der Waals surface area contributed by atoms with Crippen LogP contribution >= 0.6 is 0 Å². The molecule has 1 fully saturated rings. The molecule has 25 heavy (non-hydrogen) atoms. The zero-order chi connectivity index (χ0) is 17.6. The van der Waals surface area contributed by atoms with Crippen molar-refractivity contribution in [2.24, 2.45) is 0 Å². The molecule has 5 heteroatoms. The third-order valence-corrected chi connectivity index (χ3v) is 4.35. The Balaban J connectivity index is 1.67. The van der Waals surface area contributed by atoms with Gasteiger partial charge in [0.2, 0.25) is 0 Å². The van der Waals surface area contributed by atoms with E-state index in [1.807, 2.05) is 60.7 Å². The summed E-state index contributed by atoms with van der Waals surface area (Å²) >= 11 is 0. The number of hydrogen-bond donors (Lipinski definition) is 2. The summed E-state index contributed by atoms with van der Waals surface area (Å²) in [5, 5.41) is 20.7. The first-order chi connectivity index (χ1) is 12.1. The molecule has 134 valence electrons. The van der Waals surface area contributed by atoms with Crippen molar-refractivity contribution in [1.29, 1.82) is 0 Å². The lowest BCUT2D eigenvalue weighted by Gasteiger charge is -2.41. The average Bonchev–Trinajstić information content (AvgIpc) is 2.64. The largest absolute Gasteiger partial charge is 0.388 e. The SMILES string of the molecule is C[C@@H]1O[C@@H](O)[C@@H](OCc2ccccc2)[C@H](OCc2ccccc2)[C@@H]1O. The molecule has 0 spiro atoms. The summed E-state index contributed by atoms with van der Waals surface area (Å²) in [4.78, 5) is 0. The fraction of sp³-hybridized carbons (Fsp3) is 0.400. The second kappa shape index (κ2) is 8.56. The van der Waals surface area contributed by atoms with Gasteiger partial charge in [-0.1, -0.05) is 60.7 Å². The highest BCUT2D eigenvalue weighted by atomic mass is 16.7. The lowest BCUT2D eigenvalue weighted by atomic mass is 9.99. The molecule has 5 nitrogen and oxygen atoms in total. The quantitative estimate of drug-likeness (QED) is 0.841. The van der Waals surface area contributed by atoms with Gasteiger partial charge in [0.25, 0.3) is 0 Å². The van der Waals surface area contributed by atoms with Crippen LogP contribution in [0.1, 0.15) is 18.1 Å². The predicted molar refractivity (Wildman–Crippen MR) is 92.6 cm³/mol. The van der Waals surface area contributed by atoms with Crippen LogP contribution in [0.4, 0.5) is 0 Å².